The van der Waals surface area contributed by atoms with Gasteiger partial charge in [0.15, 0.2) is 5.82 Å². The number of rotatable bonds is 4. The summed E-state index contributed by atoms with van der Waals surface area (Å²) in [5.74, 6) is 0.218. The van der Waals surface area contributed by atoms with Crippen LogP contribution >= 0.6 is 0 Å². The fraction of sp³-hybridized carbons (Fsp3) is 0.0556. The summed E-state index contributed by atoms with van der Waals surface area (Å²) in [5.41, 5.74) is 1.76. The number of nitrogens with zero attached hydrogens (tertiary/aromatic N) is 2. The Balaban J connectivity index is 1.58. The highest BCUT2D eigenvalue weighted by Gasteiger charge is 2.08. The van der Waals surface area contributed by atoms with Crippen molar-refractivity contribution >= 4 is 29.1 Å². The van der Waals surface area contributed by atoms with E-state index in [1.807, 2.05) is 18.2 Å². The molecule has 1 heterocycles. The van der Waals surface area contributed by atoms with Crippen LogP contribution in [0, 0.1) is 0 Å². The van der Waals surface area contributed by atoms with E-state index in [0.717, 1.165) is 0 Å². The Kier molecular flexibility index (Phi) is 4.75. The molecule has 0 radical (unpaired) electrons. The van der Waals surface area contributed by atoms with Crippen LogP contribution in [0.2, 0.25) is 0 Å². The van der Waals surface area contributed by atoms with E-state index >= 15 is 0 Å². The summed E-state index contributed by atoms with van der Waals surface area (Å²) in [4.78, 5) is 24.1. The topological polar surface area (TPSA) is 88.0 Å². The first-order chi connectivity index (χ1) is 12.1. The van der Waals surface area contributed by atoms with Gasteiger partial charge in [-0.05, 0) is 36.4 Å². The van der Waals surface area contributed by atoms with Gasteiger partial charge in [0.05, 0.1) is 0 Å². The molecule has 7 nitrogen and oxygen atoms in total. The first-order valence-electron chi connectivity index (χ1n) is 7.64. The highest BCUT2D eigenvalue weighted by molar-refractivity contribution is 6.04. The highest BCUT2D eigenvalue weighted by Crippen LogP contribution is 2.13. The molecule has 0 saturated heterocycles. The molecule has 0 aliphatic heterocycles. The smallest absolute Gasteiger partial charge is 0.308 e. The maximum absolute atomic E-state index is 12.1. The molecule has 3 aromatic rings. The number of hydrogen-bond acceptors (Lipinski definition) is 3. The molecule has 0 fully saturated rings. The van der Waals surface area contributed by atoms with E-state index in [-0.39, 0.29) is 11.9 Å². The van der Waals surface area contributed by atoms with Gasteiger partial charge in [0, 0.05) is 36.2 Å². The highest BCUT2D eigenvalue weighted by atomic mass is 16.2. The van der Waals surface area contributed by atoms with E-state index in [0.29, 0.717) is 22.8 Å². The van der Waals surface area contributed by atoms with Crippen LogP contribution in [-0.4, -0.2) is 21.7 Å². The Morgan fingerprint density at radius 2 is 1.48 bits per heavy atom. The molecule has 7 heteroatoms. The van der Waals surface area contributed by atoms with Crippen molar-refractivity contribution in [3.8, 4) is 0 Å². The number of nitrogens with one attached hydrogen (secondary N) is 3. The van der Waals surface area contributed by atoms with Crippen LogP contribution in [0.5, 0.6) is 0 Å². The summed E-state index contributed by atoms with van der Waals surface area (Å²) in [6.45, 7) is 0. The SMILES string of the molecule is Cn1ccc(NC(=O)c2ccc(NC(=O)Nc3ccccc3)cc2)n1. The molecule has 3 N–H and O–H groups in total. The molecule has 0 atom stereocenters. The quantitative estimate of drug-likeness (QED) is 0.683. The zero-order valence-corrected chi connectivity index (χ0v) is 13.6. The number of benzene rings is 2. The molecule has 2 aromatic carbocycles. The third-order valence-corrected chi connectivity index (χ3v) is 3.39. The number of anilines is 3. The summed E-state index contributed by atoms with van der Waals surface area (Å²) in [5, 5.41) is 12.2. The summed E-state index contributed by atoms with van der Waals surface area (Å²) >= 11 is 0. The normalized spacial score (nSPS) is 10.1. The van der Waals surface area contributed by atoms with Gasteiger partial charge in [-0.25, -0.2) is 4.79 Å². The fourth-order valence-corrected chi connectivity index (χ4v) is 2.19. The van der Waals surface area contributed by atoms with Crippen LogP contribution in [0.15, 0.2) is 66.9 Å². The Bertz CT molecular complexity index is 872. The Hall–Kier alpha value is -3.61. The minimum Gasteiger partial charge on any atom is -0.308 e. The van der Waals surface area contributed by atoms with Crippen molar-refractivity contribution in [2.75, 3.05) is 16.0 Å². The van der Waals surface area contributed by atoms with Gasteiger partial charge in [0.1, 0.15) is 0 Å². The van der Waals surface area contributed by atoms with Crippen molar-refractivity contribution in [3.63, 3.8) is 0 Å². The number of aryl methyl sites for hydroxylation is 1. The lowest BCUT2D eigenvalue weighted by molar-refractivity contribution is 0.102. The molecule has 0 aliphatic carbocycles. The van der Waals surface area contributed by atoms with Gasteiger partial charge in [-0.15, -0.1) is 0 Å². The number of para-hydroxylation sites is 1. The molecule has 3 rings (SSSR count). The second-order valence-corrected chi connectivity index (χ2v) is 5.35. The van der Waals surface area contributed by atoms with Gasteiger partial charge in [-0.3, -0.25) is 9.48 Å². The van der Waals surface area contributed by atoms with Crippen molar-refractivity contribution < 1.29 is 9.59 Å². The zero-order chi connectivity index (χ0) is 17.6. The van der Waals surface area contributed by atoms with Crippen molar-refractivity contribution in [1.82, 2.24) is 9.78 Å². The van der Waals surface area contributed by atoms with Crippen molar-refractivity contribution in [2.45, 2.75) is 0 Å². The first-order valence-corrected chi connectivity index (χ1v) is 7.64. The molecule has 0 saturated carbocycles. The number of hydrogen-bond donors (Lipinski definition) is 3. The Morgan fingerprint density at radius 1 is 0.840 bits per heavy atom. The first kappa shape index (κ1) is 16.3. The molecule has 0 aliphatic rings. The van der Waals surface area contributed by atoms with E-state index in [1.54, 1.807) is 60.4 Å². The second-order valence-electron chi connectivity index (χ2n) is 5.35. The predicted octanol–water partition coefficient (Wildman–Crippen LogP) is 3.32. The summed E-state index contributed by atoms with van der Waals surface area (Å²) in [6.07, 6.45) is 1.74. The van der Waals surface area contributed by atoms with E-state index < -0.39 is 0 Å². The molecule has 25 heavy (non-hydrogen) atoms. The van der Waals surface area contributed by atoms with Crippen LogP contribution in [0.1, 0.15) is 10.4 Å². The molecule has 126 valence electrons. The lowest BCUT2D eigenvalue weighted by Gasteiger charge is -2.08. The van der Waals surface area contributed by atoms with E-state index in [1.165, 1.54) is 0 Å². The average Bonchev–Trinajstić information content (AvgIpc) is 3.01. The van der Waals surface area contributed by atoms with Gasteiger partial charge in [0.25, 0.3) is 5.91 Å². The zero-order valence-electron chi connectivity index (χ0n) is 13.6. The maximum Gasteiger partial charge on any atom is 0.323 e. The van der Waals surface area contributed by atoms with Crippen LogP contribution in [-0.2, 0) is 7.05 Å². The van der Waals surface area contributed by atoms with Gasteiger partial charge >= 0.3 is 6.03 Å². The van der Waals surface area contributed by atoms with Crippen LogP contribution < -0.4 is 16.0 Å². The molecule has 0 spiro atoms. The fourth-order valence-electron chi connectivity index (χ4n) is 2.19. The van der Waals surface area contributed by atoms with E-state index in [4.69, 9.17) is 0 Å². The van der Waals surface area contributed by atoms with Gasteiger partial charge < -0.3 is 16.0 Å². The lowest BCUT2D eigenvalue weighted by atomic mass is 10.2. The van der Waals surface area contributed by atoms with Crippen molar-refractivity contribution in [1.29, 1.82) is 0 Å². The minimum atomic E-state index is -0.350. The molecule has 1 aromatic heterocycles. The summed E-state index contributed by atoms with van der Waals surface area (Å²) < 4.78 is 1.61. The number of carbonyl (C=O) groups is 2. The van der Waals surface area contributed by atoms with E-state index in [9.17, 15) is 9.59 Å². The van der Waals surface area contributed by atoms with Crippen molar-refractivity contribution in [2.24, 2.45) is 7.05 Å². The summed E-state index contributed by atoms with van der Waals surface area (Å²) in [7, 11) is 1.77. The number of urea groups is 1. The maximum atomic E-state index is 12.1. The van der Waals surface area contributed by atoms with Crippen LogP contribution in [0.4, 0.5) is 22.0 Å². The van der Waals surface area contributed by atoms with E-state index in [2.05, 4.69) is 21.0 Å². The molecule has 3 amide bonds. The Labute approximate surface area is 144 Å². The summed E-state index contributed by atoms with van der Waals surface area (Å²) in [6, 6.07) is 17.1. The number of amides is 3. The number of aromatic nitrogens is 2. The van der Waals surface area contributed by atoms with Crippen LogP contribution in [0.25, 0.3) is 0 Å². The predicted molar refractivity (Wildman–Crippen MR) is 96.7 cm³/mol. The van der Waals surface area contributed by atoms with Crippen molar-refractivity contribution in [3.05, 3.63) is 72.4 Å². The largest absolute Gasteiger partial charge is 0.323 e. The lowest BCUT2D eigenvalue weighted by Crippen LogP contribution is -2.19. The van der Waals surface area contributed by atoms with Gasteiger partial charge in [0.2, 0.25) is 0 Å². The average molecular weight is 335 g/mol. The Morgan fingerprint density at radius 3 is 2.08 bits per heavy atom. The van der Waals surface area contributed by atoms with Gasteiger partial charge in [-0.2, -0.15) is 5.10 Å². The third kappa shape index (κ3) is 4.44. The molecule has 0 bridgehead atoms. The standard InChI is InChI=1S/C18H17N5O2/c1-23-12-11-16(22-23)21-17(24)13-7-9-15(10-8-13)20-18(25)19-14-5-3-2-4-6-14/h2-12H,1H3,(H2,19,20,25)(H,21,22,24). The third-order valence-electron chi connectivity index (χ3n) is 3.39. The second kappa shape index (κ2) is 7.31. The number of carbonyl (C=O) groups excluding carboxylic acids is 2. The van der Waals surface area contributed by atoms with Crippen LogP contribution in [0.3, 0.4) is 0 Å². The van der Waals surface area contributed by atoms with Gasteiger partial charge in [-0.1, -0.05) is 18.2 Å². The minimum absolute atomic E-state index is 0.265. The molecular weight excluding hydrogens is 318 g/mol. The monoisotopic (exact) mass is 335 g/mol. The molecular formula is C18H17N5O2. The molecule has 0 unspecified atom stereocenters.